The van der Waals surface area contributed by atoms with Crippen molar-refractivity contribution < 1.29 is 22.7 Å². The third-order valence-electron chi connectivity index (χ3n) is 2.51. The minimum Gasteiger partial charge on any atom is -0.462 e. The van der Waals surface area contributed by atoms with Crippen molar-refractivity contribution in [2.75, 3.05) is 6.61 Å². The molecule has 1 aromatic carbocycles. The van der Waals surface area contributed by atoms with Crippen molar-refractivity contribution >= 4 is 16.9 Å². The standard InChI is InChI=1S/C12H8F3NO3/c1-2-19-12(18)6-4-16-10-5(11(6)17)3-7(13)8(14)9(10)15/h3-4H,2H2,1H3,(H,16,17). The Morgan fingerprint density at radius 1 is 1.32 bits per heavy atom. The summed E-state index contributed by atoms with van der Waals surface area (Å²) in [5.41, 5.74) is -1.83. The smallest absolute Gasteiger partial charge is 0.343 e. The molecule has 1 aromatic heterocycles. The molecule has 7 heteroatoms. The van der Waals surface area contributed by atoms with E-state index < -0.39 is 45.3 Å². The fourth-order valence-electron chi connectivity index (χ4n) is 1.63. The van der Waals surface area contributed by atoms with Crippen molar-refractivity contribution in [3.05, 3.63) is 45.5 Å². The molecule has 0 aliphatic carbocycles. The quantitative estimate of drug-likeness (QED) is 0.672. The first-order valence-corrected chi connectivity index (χ1v) is 5.33. The number of hydrogen-bond donors (Lipinski definition) is 1. The average Bonchev–Trinajstić information content (AvgIpc) is 2.38. The van der Waals surface area contributed by atoms with Crippen molar-refractivity contribution in [1.29, 1.82) is 0 Å². The maximum absolute atomic E-state index is 13.4. The van der Waals surface area contributed by atoms with Gasteiger partial charge in [-0.3, -0.25) is 4.79 Å². The fraction of sp³-hybridized carbons (Fsp3) is 0.167. The summed E-state index contributed by atoms with van der Waals surface area (Å²) in [6, 6.07) is 0.537. The number of pyridine rings is 1. The van der Waals surface area contributed by atoms with E-state index in [0.717, 1.165) is 6.20 Å². The number of benzene rings is 1. The van der Waals surface area contributed by atoms with Crippen LogP contribution in [-0.2, 0) is 4.74 Å². The highest BCUT2D eigenvalue weighted by molar-refractivity contribution is 5.93. The number of aromatic amines is 1. The van der Waals surface area contributed by atoms with Crippen molar-refractivity contribution in [2.45, 2.75) is 6.92 Å². The predicted molar refractivity (Wildman–Crippen MR) is 60.4 cm³/mol. The summed E-state index contributed by atoms with van der Waals surface area (Å²) >= 11 is 0. The molecule has 0 saturated heterocycles. The molecule has 0 fully saturated rings. The Morgan fingerprint density at radius 2 is 2.00 bits per heavy atom. The van der Waals surface area contributed by atoms with Crippen molar-refractivity contribution in [3.63, 3.8) is 0 Å². The molecule has 0 unspecified atom stereocenters. The summed E-state index contributed by atoms with van der Waals surface area (Å²) in [7, 11) is 0. The van der Waals surface area contributed by atoms with E-state index >= 15 is 0 Å². The molecular formula is C12H8F3NO3. The normalized spacial score (nSPS) is 10.7. The van der Waals surface area contributed by atoms with Gasteiger partial charge in [0, 0.05) is 6.20 Å². The number of esters is 1. The highest BCUT2D eigenvalue weighted by Crippen LogP contribution is 2.19. The van der Waals surface area contributed by atoms with E-state index in [-0.39, 0.29) is 6.61 Å². The molecule has 0 atom stereocenters. The molecule has 0 aliphatic heterocycles. The summed E-state index contributed by atoms with van der Waals surface area (Å²) < 4.78 is 44.1. The van der Waals surface area contributed by atoms with Gasteiger partial charge in [-0.15, -0.1) is 0 Å². The van der Waals surface area contributed by atoms with Crippen LogP contribution < -0.4 is 5.43 Å². The van der Waals surface area contributed by atoms with Crippen LogP contribution in [0, 0.1) is 17.5 Å². The summed E-state index contributed by atoms with van der Waals surface area (Å²) in [5.74, 6) is -5.62. The average molecular weight is 271 g/mol. The van der Waals surface area contributed by atoms with Gasteiger partial charge in [-0.2, -0.15) is 0 Å². The molecule has 1 heterocycles. The Morgan fingerprint density at radius 3 is 2.63 bits per heavy atom. The molecule has 0 spiro atoms. The number of nitrogens with one attached hydrogen (secondary N) is 1. The Bertz CT molecular complexity index is 724. The molecule has 19 heavy (non-hydrogen) atoms. The number of ether oxygens (including phenoxy) is 1. The van der Waals surface area contributed by atoms with Crippen LogP contribution in [0.25, 0.3) is 10.9 Å². The first-order valence-electron chi connectivity index (χ1n) is 5.33. The van der Waals surface area contributed by atoms with Crippen LogP contribution in [-0.4, -0.2) is 17.6 Å². The van der Waals surface area contributed by atoms with E-state index in [4.69, 9.17) is 0 Å². The molecule has 0 radical (unpaired) electrons. The maximum Gasteiger partial charge on any atom is 0.343 e. The summed E-state index contributed by atoms with van der Waals surface area (Å²) in [5, 5.41) is -0.457. The topological polar surface area (TPSA) is 59.2 Å². The molecule has 2 rings (SSSR count). The van der Waals surface area contributed by atoms with E-state index in [1.165, 1.54) is 0 Å². The summed E-state index contributed by atoms with van der Waals surface area (Å²) in [4.78, 5) is 25.6. The van der Waals surface area contributed by atoms with Crippen molar-refractivity contribution in [2.24, 2.45) is 0 Å². The van der Waals surface area contributed by atoms with Crippen LogP contribution in [0.3, 0.4) is 0 Å². The van der Waals surface area contributed by atoms with Crippen LogP contribution in [0.2, 0.25) is 0 Å². The van der Waals surface area contributed by atoms with Crippen LogP contribution in [0.1, 0.15) is 17.3 Å². The van der Waals surface area contributed by atoms with Crippen LogP contribution in [0.15, 0.2) is 17.1 Å². The first-order chi connectivity index (χ1) is 8.97. The maximum atomic E-state index is 13.4. The van der Waals surface area contributed by atoms with E-state index in [1.54, 1.807) is 6.92 Å². The third kappa shape index (κ3) is 2.07. The Balaban J connectivity index is 2.76. The van der Waals surface area contributed by atoms with Crippen molar-refractivity contribution in [3.8, 4) is 0 Å². The number of fused-ring (bicyclic) bond motifs is 1. The van der Waals surface area contributed by atoms with E-state index in [2.05, 4.69) is 9.72 Å². The Hall–Kier alpha value is -2.31. The first kappa shape index (κ1) is 13.1. The Kier molecular flexibility index (Phi) is 3.28. The molecule has 100 valence electrons. The highest BCUT2D eigenvalue weighted by Gasteiger charge is 2.19. The highest BCUT2D eigenvalue weighted by atomic mass is 19.2. The van der Waals surface area contributed by atoms with Gasteiger partial charge in [0.2, 0.25) is 5.43 Å². The van der Waals surface area contributed by atoms with Gasteiger partial charge in [-0.05, 0) is 13.0 Å². The van der Waals surface area contributed by atoms with Crippen LogP contribution in [0.4, 0.5) is 13.2 Å². The fourth-order valence-corrected chi connectivity index (χ4v) is 1.63. The van der Waals surface area contributed by atoms with Crippen LogP contribution >= 0.6 is 0 Å². The molecule has 0 saturated carbocycles. The van der Waals surface area contributed by atoms with Gasteiger partial charge in [0.15, 0.2) is 17.5 Å². The van der Waals surface area contributed by atoms with E-state index in [1.807, 2.05) is 0 Å². The van der Waals surface area contributed by atoms with E-state index in [0.29, 0.717) is 6.07 Å². The van der Waals surface area contributed by atoms with Crippen molar-refractivity contribution in [1.82, 2.24) is 4.98 Å². The van der Waals surface area contributed by atoms with Gasteiger partial charge in [0.05, 0.1) is 17.5 Å². The molecular weight excluding hydrogens is 263 g/mol. The largest absolute Gasteiger partial charge is 0.462 e. The molecule has 4 nitrogen and oxygen atoms in total. The Labute approximate surface area is 104 Å². The lowest BCUT2D eigenvalue weighted by Gasteiger charge is -2.05. The third-order valence-corrected chi connectivity index (χ3v) is 2.51. The zero-order chi connectivity index (χ0) is 14.2. The summed E-state index contributed by atoms with van der Waals surface area (Å²) in [6.07, 6.45) is 0.906. The number of carbonyl (C=O) groups is 1. The zero-order valence-electron chi connectivity index (χ0n) is 9.72. The van der Waals surface area contributed by atoms with E-state index in [9.17, 15) is 22.8 Å². The molecule has 0 amide bonds. The zero-order valence-corrected chi connectivity index (χ0v) is 9.72. The van der Waals surface area contributed by atoms with Crippen LogP contribution in [0.5, 0.6) is 0 Å². The number of H-pyrrole nitrogens is 1. The minimum absolute atomic E-state index is 0.0441. The number of aromatic nitrogens is 1. The van der Waals surface area contributed by atoms with Gasteiger partial charge in [-0.1, -0.05) is 0 Å². The lowest BCUT2D eigenvalue weighted by Crippen LogP contribution is -2.19. The lowest BCUT2D eigenvalue weighted by atomic mass is 10.1. The molecule has 1 N–H and O–H groups in total. The van der Waals surface area contributed by atoms with Gasteiger partial charge in [0.1, 0.15) is 5.56 Å². The molecule has 0 aliphatic rings. The number of carbonyl (C=O) groups excluding carboxylic acids is 1. The predicted octanol–water partition coefficient (Wildman–Crippen LogP) is 2.12. The number of halogens is 3. The van der Waals surface area contributed by atoms with Gasteiger partial charge in [0.25, 0.3) is 0 Å². The molecule has 0 bridgehead atoms. The van der Waals surface area contributed by atoms with Gasteiger partial charge in [-0.25, -0.2) is 18.0 Å². The van der Waals surface area contributed by atoms with Gasteiger partial charge < -0.3 is 9.72 Å². The number of rotatable bonds is 2. The second-order valence-electron chi connectivity index (χ2n) is 3.66. The minimum atomic E-state index is -1.69. The SMILES string of the molecule is CCOC(=O)c1c[nH]c2c(F)c(F)c(F)cc2c1=O. The number of hydrogen-bond acceptors (Lipinski definition) is 3. The molecule has 2 aromatic rings. The second-order valence-corrected chi connectivity index (χ2v) is 3.66. The summed E-state index contributed by atoms with van der Waals surface area (Å²) in [6.45, 7) is 1.59. The van der Waals surface area contributed by atoms with Gasteiger partial charge >= 0.3 is 5.97 Å². The monoisotopic (exact) mass is 271 g/mol. The lowest BCUT2D eigenvalue weighted by molar-refractivity contribution is 0.0524. The second kappa shape index (κ2) is 4.75.